The standard InChI is InChI=1S/C12H11ClFNO2/c1-17-9-4-3-8(13)10(11(9)14)12(15-7-16)5-2-6-12/h3-4H,2,5-6H2,1H3. The summed E-state index contributed by atoms with van der Waals surface area (Å²) < 4.78 is 19.1. The third kappa shape index (κ3) is 1.84. The number of methoxy groups -OCH3 is 1. The molecule has 1 saturated carbocycles. The van der Waals surface area contributed by atoms with Crippen molar-refractivity contribution in [2.24, 2.45) is 4.99 Å². The van der Waals surface area contributed by atoms with E-state index in [4.69, 9.17) is 16.3 Å². The van der Waals surface area contributed by atoms with Gasteiger partial charge in [-0.15, -0.1) is 0 Å². The molecular formula is C12H11ClFNO2. The molecule has 0 spiro atoms. The highest BCUT2D eigenvalue weighted by Crippen LogP contribution is 2.49. The fraction of sp³-hybridized carbons (Fsp3) is 0.417. The van der Waals surface area contributed by atoms with E-state index in [0.29, 0.717) is 12.8 Å². The molecule has 1 aliphatic rings. The first-order valence-corrected chi connectivity index (χ1v) is 5.64. The van der Waals surface area contributed by atoms with Crippen LogP contribution in [0.2, 0.25) is 5.02 Å². The minimum absolute atomic E-state index is 0.108. The van der Waals surface area contributed by atoms with Gasteiger partial charge in [0, 0.05) is 10.6 Å². The van der Waals surface area contributed by atoms with Gasteiger partial charge in [-0.3, -0.25) is 0 Å². The lowest BCUT2D eigenvalue weighted by molar-refractivity contribution is 0.244. The van der Waals surface area contributed by atoms with Crippen molar-refractivity contribution >= 4 is 17.7 Å². The monoisotopic (exact) mass is 255 g/mol. The van der Waals surface area contributed by atoms with Crippen LogP contribution in [0.15, 0.2) is 17.1 Å². The summed E-state index contributed by atoms with van der Waals surface area (Å²) >= 11 is 6.01. The van der Waals surface area contributed by atoms with E-state index in [2.05, 4.69) is 4.99 Å². The van der Waals surface area contributed by atoms with Gasteiger partial charge in [-0.1, -0.05) is 11.6 Å². The van der Waals surface area contributed by atoms with E-state index in [1.165, 1.54) is 19.3 Å². The maximum atomic E-state index is 14.2. The molecule has 0 unspecified atom stereocenters. The molecule has 17 heavy (non-hydrogen) atoms. The van der Waals surface area contributed by atoms with Crippen LogP contribution < -0.4 is 4.74 Å². The molecule has 1 aliphatic carbocycles. The topological polar surface area (TPSA) is 38.7 Å². The van der Waals surface area contributed by atoms with Gasteiger partial charge in [-0.2, -0.15) is 4.99 Å². The Balaban J connectivity index is 2.61. The van der Waals surface area contributed by atoms with Crippen LogP contribution in [0.25, 0.3) is 0 Å². The number of rotatable bonds is 3. The molecule has 0 radical (unpaired) electrons. The molecule has 0 bridgehead atoms. The third-order valence-electron chi connectivity index (χ3n) is 3.18. The SMILES string of the molecule is COc1ccc(Cl)c(C2(N=C=O)CCC2)c1F. The van der Waals surface area contributed by atoms with E-state index in [9.17, 15) is 9.18 Å². The number of nitrogens with zero attached hydrogens (tertiary/aromatic N) is 1. The zero-order valence-corrected chi connectivity index (χ0v) is 10.1. The molecule has 0 heterocycles. The molecule has 0 saturated heterocycles. The third-order valence-corrected chi connectivity index (χ3v) is 3.50. The normalized spacial score (nSPS) is 16.9. The molecule has 0 aromatic heterocycles. The van der Waals surface area contributed by atoms with Gasteiger partial charge in [0.15, 0.2) is 11.6 Å². The lowest BCUT2D eigenvalue weighted by atomic mass is 9.72. The van der Waals surface area contributed by atoms with Gasteiger partial charge in [-0.05, 0) is 31.4 Å². The molecule has 0 N–H and O–H groups in total. The van der Waals surface area contributed by atoms with Crippen LogP contribution in [-0.2, 0) is 10.3 Å². The Hall–Kier alpha value is -1.38. The molecular weight excluding hydrogens is 245 g/mol. The Morgan fingerprint density at radius 3 is 2.71 bits per heavy atom. The molecule has 90 valence electrons. The van der Waals surface area contributed by atoms with Crippen molar-refractivity contribution in [3.63, 3.8) is 0 Å². The minimum atomic E-state index is -0.850. The highest BCUT2D eigenvalue weighted by atomic mass is 35.5. The zero-order valence-electron chi connectivity index (χ0n) is 9.30. The largest absolute Gasteiger partial charge is 0.494 e. The number of ether oxygens (including phenoxy) is 1. The average Bonchev–Trinajstić information content (AvgIpc) is 2.26. The summed E-state index contributed by atoms with van der Waals surface area (Å²) in [6, 6.07) is 3.01. The first-order chi connectivity index (χ1) is 8.14. The fourth-order valence-corrected chi connectivity index (χ4v) is 2.46. The van der Waals surface area contributed by atoms with E-state index in [-0.39, 0.29) is 16.3 Å². The molecule has 0 amide bonds. The molecule has 0 aliphatic heterocycles. The molecule has 3 nitrogen and oxygen atoms in total. The molecule has 2 rings (SSSR count). The van der Waals surface area contributed by atoms with E-state index in [1.54, 1.807) is 6.07 Å². The van der Waals surface area contributed by atoms with Gasteiger partial charge >= 0.3 is 0 Å². The summed E-state index contributed by atoms with van der Waals surface area (Å²) in [5.41, 5.74) is -0.606. The van der Waals surface area contributed by atoms with E-state index >= 15 is 0 Å². The Bertz CT molecular complexity index is 494. The number of hydrogen-bond donors (Lipinski definition) is 0. The maximum Gasteiger partial charge on any atom is 0.235 e. The Morgan fingerprint density at radius 2 is 2.24 bits per heavy atom. The van der Waals surface area contributed by atoms with E-state index < -0.39 is 11.4 Å². The number of halogens is 2. The van der Waals surface area contributed by atoms with Crippen molar-refractivity contribution in [2.75, 3.05) is 7.11 Å². The van der Waals surface area contributed by atoms with Crippen LogP contribution in [0.3, 0.4) is 0 Å². The second kappa shape index (κ2) is 4.47. The first-order valence-electron chi connectivity index (χ1n) is 5.26. The van der Waals surface area contributed by atoms with Crippen molar-refractivity contribution in [2.45, 2.75) is 24.8 Å². The molecule has 0 atom stereocenters. The second-order valence-electron chi connectivity index (χ2n) is 4.03. The summed E-state index contributed by atoms with van der Waals surface area (Å²) in [7, 11) is 1.38. The Morgan fingerprint density at radius 1 is 1.53 bits per heavy atom. The number of aliphatic imine (C=N–C) groups is 1. The number of carbonyl (C=O) groups excluding carboxylic acids is 1. The maximum absolute atomic E-state index is 14.2. The summed E-state index contributed by atoms with van der Waals surface area (Å²) in [5, 5.41) is 0.266. The van der Waals surface area contributed by atoms with Crippen LogP contribution in [0.4, 0.5) is 4.39 Å². The lowest BCUT2D eigenvalue weighted by Gasteiger charge is -2.37. The first kappa shape index (κ1) is 12.1. The number of hydrogen-bond acceptors (Lipinski definition) is 3. The fourth-order valence-electron chi connectivity index (χ4n) is 2.13. The van der Waals surface area contributed by atoms with Crippen molar-refractivity contribution in [3.8, 4) is 5.75 Å². The minimum Gasteiger partial charge on any atom is -0.494 e. The second-order valence-corrected chi connectivity index (χ2v) is 4.43. The van der Waals surface area contributed by atoms with E-state index in [0.717, 1.165) is 6.42 Å². The zero-order chi connectivity index (χ0) is 12.5. The Labute approximate surface area is 103 Å². The molecule has 1 aromatic carbocycles. The van der Waals surface area contributed by atoms with Gasteiger partial charge in [-0.25, -0.2) is 9.18 Å². The van der Waals surface area contributed by atoms with Crippen LogP contribution in [0.1, 0.15) is 24.8 Å². The van der Waals surface area contributed by atoms with Crippen molar-refractivity contribution in [1.82, 2.24) is 0 Å². The van der Waals surface area contributed by atoms with Gasteiger partial charge in [0.05, 0.1) is 7.11 Å². The highest BCUT2D eigenvalue weighted by Gasteiger charge is 2.43. The van der Waals surface area contributed by atoms with Crippen LogP contribution in [-0.4, -0.2) is 13.2 Å². The highest BCUT2D eigenvalue weighted by molar-refractivity contribution is 6.31. The summed E-state index contributed by atoms with van der Waals surface area (Å²) in [5.74, 6) is -0.435. The summed E-state index contributed by atoms with van der Waals surface area (Å²) in [6.45, 7) is 0. The van der Waals surface area contributed by atoms with Crippen LogP contribution in [0.5, 0.6) is 5.75 Å². The van der Waals surface area contributed by atoms with Crippen molar-refractivity contribution in [1.29, 1.82) is 0 Å². The quantitative estimate of drug-likeness (QED) is 0.615. The smallest absolute Gasteiger partial charge is 0.235 e. The van der Waals surface area contributed by atoms with Gasteiger partial charge < -0.3 is 4.74 Å². The van der Waals surface area contributed by atoms with Gasteiger partial charge in [0.1, 0.15) is 5.54 Å². The molecule has 5 heteroatoms. The molecule has 1 aromatic rings. The van der Waals surface area contributed by atoms with Crippen molar-refractivity contribution in [3.05, 3.63) is 28.5 Å². The average molecular weight is 256 g/mol. The predicted octanol–water partition coefficient (Wildman–Crippen LogP) is 3.20. The Kier molecular flexibility index (Phi) is 3.18. The number of isocyanates is 1. The van der Waals surface area contributed by atoms with Crippen LogP contribution >= 0.6 is 11.6 Å². The van der Waals surface area contributed by atoms with Gasteiger partial charge in [0.2, 0.25) is 6.08 Å². The lowest BCUT2D eigenvalue weighted by Crippen LogP contribution is -2.33. The van der Waals surface area contributed by atoms with Crippen LogP contribution in [0, 0.1) is 5.82 Å². The van der Waals surface area contributed by atoms with Crippen molar-refractivity contribution < 1.29 is 13.9 Å². The number of benzene rings is 1. The van der Waals surface area contributed by atoms with Gasteiger partial charge in [0.25, 0.3) is 0 Å². The summed E-state index contributed by atoms with van der Waals surface area (Å²) in [4.78, 5) is 14.2. The summed E-state index contributed by atoms with van der Waals surface area (Å²) in [6.07, 6.45) is 3.60. The predicted molar refractivity (Wildman–Crippen MR) is 61.6 cm³/mol. The van der Waals surface area contributed by atoms with E-state index in [1.807, 2.05) is 0 Å². The molecule has 1 fully saturated rings.